The first-order chi connectivity index (χ1) is 12.0. The van der Waals surface area contributed by atoms with E-state index < -0.39 is 33.6 Å². The van der Waals surface area contributed by atoms with E-state index in [2.05, 4.69) is 0 Å². The average molecular weight is 407 g/mol. The molecule has 0 saturated heterocycles. The largest absolute Gasteiger partial charge is 0.478 e. The fraction of sp³-hybridized carbons (Fsp3) is 0.167. The first-order valence-electron chi connectivity index (χ1n) is 7.25. The molecule has 2 nitrogen and oxygen atoms in total. The molecule has 0 radical (unpaired) electrons. The van der Waals surface area contributed by atoms with Gasteiger partial charge in [-0.3, -0.25) is 0 Å². The Morgan fingerprint density at radius 1 is 1.15 bits per heavy atom. The quantitative estimate of drug-likeness (QED) is 0.475. The minimum Gasteiger partial charge on any atom is -0.478 e. The van der Waals surface area contributed by atoms with Crippen molar-refractivity contribution in [3.05, 3.63) is 74.5 Å². The summed E-state index contributed by atoms with van der Waals surface area (Å²) in [6.07, 6.45) is -3.89. The van der Waals surface area contributed by atoms with Crippen molar-refractivity contribution in [1.29, 1.82) is 0 Å². The zero-order valence-electron chi connectivity index (χ0n) is 13.3. The Labute approximate surface area is 156 Å². The van der Waals surface area contributed by atoms with E-state index >= 15 is 0 Å². The van der Waals surface area contributed by atoms with Gasteiger partial charge in [0.1, 0.15) is 0 Å². The van der Waals surface area contributed by atoms with Crippen molar-refractivity contribution in [2.75, 3.05) is 0 Å². The Bertz CT molecular complexity index is 866. The van der Waals surface area contributed by atoms with Crippen LogP contribution in [0.15, 0.2) is 36.4 Å². The van der Waals surface area contributed by atoms with E-state index in [4.69, 9.17) is 28.3 Å². The molecular formula is C18H12Cl2F4O2. The van der Waals surface area contributed by atoms with Crippen molar-refractivity contribution in [2.45, 2.75) is 19.5 Å². The Kier molecular flexibility index (Phi) is 5.98. The number of carboxylic acids is 1. The van der Waals surface area contributed by atoms with Crippen LogP contribution in [0.3, 0.4) is 0 Å². The summed E-state index contributed by atoms with van der Waals surface area (Å²) in [6, 6.07) is 5.99. The summed E-state index contributed by atoms with van der Waals surface area (Å²) < 4.78 is 53.6. The topological polar surface area (TPSA) is 37.3 Å². The number of benzene rings is 2. The number of hydrogen-bond donors (Lipinski definition) is 1. The molecule has 0 amide bonds. The predicted molar refractivity (Wildman–Crippen MR) is 92.3 cm³/mol. The van der Waals surface area contributed by atoms with Crippen LogP contribution in [-0.4, -0.2) is 17.3 Å². The van der Waals surface area contributed by atoms with E-state index in [-0.39, 0.29) is 17.5 Å². The third-order valence-corrected chi connectivity index (χ3v) is 4.21. The van der Waals surface area contributed by atoms with Crippen molar-refractivity contribution < 1.29 is 27.5 Å². The minimum absolute atomic E-state index is 0.0749. The van der Waals surface area contributed by atoms with E-state index in [0.717, 1.165) is 18.2 Å². The molecule has 0 aliphatic rings. The molecule has 0 heterocycles. The van der Waals surface area contributed by atoms with Crippen LogP contribution in [0, 0.1) is 12.7 Å². The highest BCUT2D eigenvalue weighted by Crippen LogP contribution is 2.37. The van der Waals surface area contributed by atoms with Crippen LogP contribution in [0.5, 0.6) is 0 Å². The minimum atomic E-state index is -4.71. The van der Waals surface area contributed by atoms with Crippen molar-refractivity contribution in [1.82, 2.24) is 0 Å². The second kappa shape index (κ2) is 7.68. The average Bonchev–Trinajstić information content (AvgIpc) is 2.51. The molecule has 0 bridgehead atoms. The molecule has 0 fully saturated rings. The molecule has 0 aromatic heterocycles. The molecule has 0 atom stereocenters. The van der Waals surface area contributed by atoms with Crippen LogP contribution in [0.1, 0.15) is 27.0 Å². The molecule has 2 rings (SSSR count). The van der Waals surface area contributed by atoms with Gasteiger partial charge in [0, 0.05) is 0 Å². The SMILES string of the molecule is Cc1cc(CC=C(c2cc(Cl)c(F)c(Cl)c2)C(F)(F)F)ccc1C(=O)O. The van der Waals surface area contributed by atoms with Crippen LogP contribution < -0.4 is 0 Å². The molecule has 2 aromatic rings. The number of allylic oxidation sites excluding steroid dienone is 2. The number of hydrogen-bond acceptors (Lipinski definition) is 1. The van der Waals surface area contributed by atoms with Gasteiger partial charge >= 0.3 is 12.1 Å². The first kappa shape index (κ1) is 20.3. The number of alkyl halides is 3. The van der Waals surface area contributed by atoms with Gasteiger partial charge in [-0.25, -0.2) is 9.18 Å². The summed E-state index contributed by atoms with van der Waals surface area (Å²) >= 11 is 11.2. The lowest BCUT2D eigenvalue weighted by Crippen LogP contribution is -2.11. The lowest BCUT2D eigenvalue weighted by atomic mass is 9.99. The highest BCUT2D eigenvalue weighted by atomic mass is 35.5. The fourth-order valence-corrected chi connectivity index (χ4v) is 2.91. The van der Waals surface area contributed by atoms with Crippen LogP contribution in [0.25, 0.3) is 5.57 Å². The van der Waals surface area contributed by atoms with Gasteiger partial charge in [-0.05, 0) is 48.2 Å². The summed E-state index contributed by atoms with van der Waals surface area (Å²) in [7, 11) is 0. The zero-order chi connectivity index (χ0) is 19.6. The second-order valence-electron chi connectivity index (χ2n) is 5.53. The first-order valence-corrected chi connectivity index (χ1v) is 8.01. The van der Waals surface area contributed by atoms with Crippen molar-refractivity contribution in [3.63, 3.8) is 0 Å². The Morgan fingerprint density at radius 2 is 1.73 bits per heavy atom. The maximum atomic E-state index is 13.5. The molecule has 0 aliphatic carbocycles. The van der Waals surface area contributed by atoms with E-state index in [9.17, 15) is 22.4 Å². The Morgan fingerprint density at radius 3 is 2.19 bits per heavy atom. The summed E-state index contributed by atoms with van der Waals surface area (Å²) in [5.41, 5.74) is -0.363. The molecule has 0 unspecified atom stereocenters. The lowest BCUT2D eigenvalue weighted by Gasteiger charge is -2.14. The lowest BCUT2D eigenvalue weighted by molar-refractivity contribution is -0.0690. The van der Waals surface area contributed by atoms with Crippen molar-refractivity contribution >= 4 is 34.7 Å². The molecule has 8 heteroatoms. The summed E-state index contributed by atoms with van der Waals surface area (Å²) in [6.45, 7) is 1.56. The van der Waals surface area contributed by atoms with Crippen molar-refractivity contribution in [2.24, 2.45) is 0 Å². The van der Waals surface area contributed by atoms with Gasteiger partial charge in [0.15, 0.2) is 5.82 Å². The van der Waals surface area contributed by atoms with Crippen LogP contribution in [0.4, 0.5) is 17.6 Å². The van der Waals surface area contributed by atoms with E-state index in [1.165, 1.54) is 18.2 Å². The highest BCUT2D eigenvalue weighted by Gasteiger charge is 2.35. The Balaban J connectivity index is 2.43. The summed E-state index contributed by atoms with van der Waals surface area (Å²) in [4.78, 5) is 11.0. The van der Waals surface area contributed by atoms with Crippen molar-refractivity contribution in [3.8, 4) is 0 Å². The fourth-order valence-electron chi connectivity index (χ4n) is 2.42. The summed E-state index contributed by atoms with van der Waals surface area (Å²) in [5.74, 6) is -2.10. The number of halogens is 6. The zero-order valence-corrected chi connectivity index (χ0v) is 14.8. The highest BCUT2D eigenvalue weighted by molar-refractivity contribution is 6.35. The summed E-state index contributed by atoms with van der Waals surface area (Å²) in [5, 5.41) is 7.97. The molecule has 0 saturated carbocycles. The van der Waals surface area contributed by atoms with Gasteiger partial charge in [0.2, 0.25) is 0 Å². The van der Waals surface area contributed by atoms with Gasteiger partial charge in [0.25, 0.3) is 0 Å². The van der Waals surface area contributed by atoms with Gasteiger partial charge in [-0.1, -0.05) is 41.4 Å². The molecule has 2 aromatic carbocycles. The second-order valence-corrected chi connectivity index (χ2v) is 6.34. The van der Waals surface area contributed by atoms with E-state index in [1.54, 1.807) is 6.92 Å². The molecule has 138 valence electrons. The smallest absolute Gasteiger partial charge is 0.416 e. The number of carbonyl (C=O) groups is 1. The van der Waals surface area contributed by atoms with Gasteiger partial charge in [-0.15, -0.1) is 0 Å². The maximum absolute atomic E-state index is 13.5. The molecule has 1 N–H and O–H groups in total. The van der Waals surface area contributed by atoms with Gasteiger partial charge in [-0.2, -0.15) is 13.2 Å². The van der Waals surface area contributed by atoms with Crippen LogP contribution in [-0.2, 0) is 6.42 Å². The van der Waals surface area contributed by atoms with Gasteiger partial charge < -0.3 is 5.11 Å². The molecule has 0 spiro atoms. The maximum Gasteiger partial charge on any atom is 0.416 e. The normalized spacial score (nSPS) is 12.3. The Hall–Kier alpha value is -2.05. The van der Waals surface area contributed by atoms with Crippen LogP contribution in [0.2, 0.25) is 10.0 Å². The predicted octanol–water partition coefficient (Wildman–Crippen LogP) is 6.33. The number of rotatable bonds is 4. The van der Waals surface area contributed by atoms with Crippen LogP contribution >= 0.6 is 23.2 Å². The monoisotopic (exact) mass is 406 g/mol. The molecular weight excluding hydrogens is 395 g/mol. The molecule has 26 heavy (non-hydrogen) atoms. The van der Waals surface area contributed by atoms with E-state index in [1.807, 2.05) is 0 Å². The number of aryl methyl sites for hydroxylation is 1. The van der Waals surface area contributed by atoms with Gasteiger partial charge in [0.05, 0.1) is 21.2 Å². The van der Waals surface area contributed by atoms with E-state index in [0.29, 0.717) is 11.1 Å². The number of aromatic carboxylic acids is 1. The third kappa shape index (κ3) is 4.56. The molecule has 0 aliphatic heterocycles. The standard InChI is InChI=1S/C18H12Cl2F4O2/c1-9-6-10(2-4-12(9)17(25)26)3-5-13(18(22,23)24)11-7-14(19)16(21)15(20)8-11/h2,4-8H,3H2,1H3,(H,25,26). The number of carboxylic acid groups (broad SMARTS) is 1. The third-order valence-electron chi connectivity index (χ3n) is 3.66.